The molecule has 0 bridgehead atoms. The van der Waals surface area contributed by atoms with E-state index in [2.05, 4.69) is 20.4 Å². The third kappa shape index (κ3) is 6.88. The fourth-order valence-electron chi connectivity index (χ4n) is 1.42. The van der Waals surface area contributed by atoms with Gasteiger partial charge in [0.2, 0.25) is 0 Å². The first-order valence-corrected chi connectivity index (χ1v) is 5.93. The van der Waals surface area contributed by atoms with E-state index in [-0.39, 0.29) is 5.78 Å². The van der Waals surface area contributed by atoms with E-state index in [4.69, 9.17) is 0 Å². The number of Topliss-reactive ketones (excluding diaryl/α,β-unsaturated/α-hetero) is 1. The maximum Gasteiger partial charge on any atom is 0.158 e. The Kier molecular flexibility index (Phi) is 8.61. The second kappa shape index (κ2) is 8.98. The van der Waals surface area contributed by atoms with Crippen molar-refractivity contribution in [2.24, 2.45) is 0 Å². The quantitative estimate of drug-likeness (QED) is 0.397. The van der Waals surface area contributed by atoms with E-state index < -0.39 is 0 Å². The monoisotopic (exact) mass is 196 g/mol. The number of ketones is 1. The van der Waals surface area contributed by atoms with Crippen LogP contribution >= 0.6 is 0 Å². The molecule has 0 saturated heterocycles. The average molecular weight is 196 g/mol. The molecule has 14 heavy (non-hydrogen) atoms. The van der Waals surface area contributed by atoms with Gasteiger partial charge in [-0.3, -0.25) is 4.79 Å². The summed E-state index contributed by atoms with van der Waals surface area (Å²) in [6.45, 7) is 8.16. The van der Waals surface area contributed by atoms with Gasteiger partial charge in [-0.05, 0) is 24.8 Å². The Morgan fingerprint density at radius 2 is 1.57 bits per heavy atom. The van der Waals surface area contributed by atoms with Gasteiger partial charge in [-0.15, -0.1) is 0 Å². The van der Waals surface area contributed by atoms with Gasteiger partial charge in [0.05, 0.1) is 0 Å². The minimum Gasteiger partial charge on any atom is -0.295 e. The summed E-state index contributed by atoms with van der Waals surface area (Å²) in [6, 6.07) is 0. The van der Waals surface area contributed by atoms with Gasteiger partial charge >= 0.3 is 0 Å². The van der Waals surface area contributed by atoms with E-state index in [9.17, 15) is 4.79 Å². The molecule has 0 aliphatic carbocycles. The normalized spacial score (nSPS) is 10.1. The smallest absolute Gasteiger partial charge is 0.158 e. The van der Waals surface area contributed by atoms with Crippen LogP contribution in [-0.4, -0.2) is 5.78 Å². The Morgan fingerprint density at radius 3 is 2.14 bits per heavy atom. The van der Waals surface area contributed by atoms with Crippen LogP contribution in [0.1, 0.15) is 65.2 Å². The minimum atomic E-state index is 0.287. The first-order chi connectivity index (χ1) is 6.72. The minimum absolute atomic E-state index is 0.287. The molecule has 0 rings (SSSR count). The van der Waals surface area contributed by atoms with E-state index in [1.807, 2.05) is 0 Å². The summed E-state index contributed by atoms with van der Waals surface area (Å²) in [5.41, 5.74) is 0.836. The number of hydrogen-bond donors (Lipinski definition) is 0. The number of carbonyl (C=O) groups excluding carboxylic acids is 1. The lowest BCUT2D eigenvalue weighted by Crippen LogP contribution is -2.01. The molecule has 0 amide bonds. The summed E-state index contributed by atoms with van der Waals surface area (Å²) in [5.74, 6) is 0.287. The highest BCUT2D eigenvalue weighted by atomic mass is 16.1. The summed E-state index contributed by atoms with van der Waals surface area (Å²) >= 11 is 0. The summed E-state index contributed by atoms with van der Waals surface area (Å²) in [7, 11) is 0. The summed E-state index contributed by atoms with van der Waals surface area (Å²) in [4.78, 5) is 11.5. The van der Waals surface area contributed by atoms with Crippen molar-refractivity contribution >= 4 is 5.78 Å². The van der Waals surface area contributed by atoms with Crippen molar-refractivity contribution in [3.8, 4) is 0 Å². The third-order valence-corrected chi connectivity index (χ3v) is 2.48. The fourth-order valence-corrected chi connectivity index (χ4v) is 1.42. The molecule has 0 fully saturated rings. The number of unbranched alkanes of at least 4 members (excludes halogenated alkanes) is 4. The SMILES string of the molecule is C=C(CCCC)C(=O)CCCCCC. The lowest BCUT2D eigenvalue weighted by molar-refractivity contribution is -0.115. The van der Waals surface area contributed by atoms with Crippen LogP contribution in [0.15, 0.2) is 12.2 Å². The zero-order valence-corrected chi connectivity index (χ0v) is 9.77. The van der Waals surface area contributed by atoms with Gasteiger partial charge in [-0.2, -0.15) is 0 Å². The molecule has 1 nitrogen and oxygen atoms in total. The largest absolute Gasteiger partial charge is 0.295 e. The number of hydrogen-bond acceptors (Lipinski definition) is 1. The number of rotatable bonds is 9. The molecule has 82 valence electrons. The molecule has 0 aromatic rings. The molecule has 0 aliphatic rings. The van der Waals surface area contributed by atoms with Crippen LogP contribution in [0, 0.1) is 0 Å². The molecule has 0 atom stereocenters. The number of allylic oxidation sites excluding steroid dienone is 1. The Balaban J connectivity index is 3.47. The summed E-state index contributed by atoms with van der Waals surface area (Å²) < 4.78 is 0. The van der Waals surface area contributed by atoms with Crippen molar-refractivity contribution in [3.05, 3.63) is 12.2 Å². The van der Waals surface area contributed by atoms with Crippen LogP contribution < -0.4 is 0 Å². The van der Waals surface area contributed by atoms with E-state index in [0.717, 1.165) is 31.3 Å². The van der Waals surface area contributed by atoms with Crippen LogP contribution in [0.5, 0.6) is 0 Å². The van der Waals surface area contributed by atoms with E-state index in [0.29, 0.717) is 6.42 Å². The predicted molar refractivity (Wildman–Crippen MR) is 62.4 cm³/mol. The Hall–Kier alpha value is -0.590. The Bertz CT molecular complexity index is 170. The maximum atomic E-state index is 11.5. The van der Waals surface area contributed by atoms with Crippen molar-refractivity contribution in [2.75, 3.05) is 0 Å². The van der Waals surface area contributed by atoms with Crippen LogP contribution in [0.2, 0.25) is 0 Å². The van der Waals surface area contributed by atoms with Crippen LogP contribution in [0.4, 0.5) is 0 Å². The molecule has 0 heterocycles. The lowest BCUT2D eigenvalue weighted by atomic mass is 10.0. The number of carbonyl (C=O) groups is 1. The predicted octanol–water partition coefficient (Wildman–Crippen LogP) is 4.27. The fraction of sp³-hybridized carbons (Fsp3) is 0.769. The van der Waals surface area contributed by atoms with E-state index in [1.54, 1.807) is 0 Å². The second-order valence-electron chi connectivity index (χ2n) is 3.94. The molecule has 0 aromatic heterocycles. The molecule has 0 unspecified atom stereocenters. The van der Waals surface area contributed by atoms with Crippen molar-refractivity contribution in [3.63, 3.8) is 0 Å². The van der Waals surface area contributed by atoms with Crippen molar-refractivity contribution < 1.29 is 4.79 Å². The van der Waals surface area contributed by atoms with Crippen LogP contribution in [-0.2, 0) is 4.79 Å². The molecular weight excluding hydrogens is 172 g/mol. The molecular formula is C13H24O. The van der Waals surface area contributed by atoms with Gasteiger partial charge in [0.15, 0.2) is 5.78 Å². The van der Waals surface area contributed by atoms with Crippen molar-refractivity contribution in [2.45, 2.75) is 65.2 Å². The second-order valence-corrected chi connectivity index (χ2v) is 3.94. The zero-order valence-electron chi connectivity index (χ0n) is 9.77. The molecule has 0 N–H and O–H groups in total. The molecule has 0 radical (unpaired) electrons. The third-order valence-electron chi connectivity index (χ3n) is 2.48. The van der Waals surface area contributed by atoms with Gasteiger partial charge < -0.3 is 0 Å². The van der Waals surface area contributed by atoms with Crippen LogP contribution in [0.3, 0.4) is 0 Å². The average Bonchev–Trinajstić information content (AvgIpc) is 2.20. The first-order valence-electron chi connectivity index (χ1n) is 5.93. The van der Waals surface area contributed by atoms with E-state index >= 15 is 0 Å². The highest BCUT2D eigenvalue weighted by molar-refractivity contribution is 5.94. The van der Waals surface area contributed by atoms with Gasteiger partial charge in [-0.1, -0.05) is 46.1 Å². The topological polar surface area (TPSA) is 17.1 Å². The molecule has 0 aliphatic heterocycles. The van der Waals surface area contributed by atoms with Crippen molar-refractivity contribution in [1.29, 1.82) is 0 Å². The highest BCUT2D eigenvalue weighted by Gasteiger charge is 2.05. The van der Waals surface area contributed by atoms with Gasteiger partial charge in [0.1, 0.15) is 0 Å². The standard InChI is InChI=1S/C13H24O/c1-4-6-8-9-11-13(14)12(3)10-7-5-2/h3-11H2,1-2H3. The molecule has 0 aromatic carbocycles. The van der Waals surface area contributed by atoms with Gasteiger partial charge in [0, 0.05) is 6.42 Å². The lowest BCUT2D eigenvalue weighted by Gasteiger charge is -2.03. The molecule has 0 saturated carbocycles. The van der Waals surface area contributed by atoms with E-state index in [1.165, 1.54) is 19.3 Å². The van der Waals surface area contributed by atoms with Crippen molar-refractivity contribution in [1.82, 2.24) is 0 Å². The Morgan fingerprint density at radius 1 is 0.929 bits per heavy atom. The summed E-state index contributed by atoms with van der Waals surface area (Å²) in [6.07, 6.45) is 8.54. The maximum absolute atomic E-state index is 11.5. The summed E-state index contributed by atoms with van der Waals surface area (Å²) in [5, 5.41) is 0. The molecule has 1 heteroatoms. The van der Waals surface area contributed by atoms with Gasteiger partial charge in [0.25, 0.3) is 0 Å². The first kappa shape index (κ1) is 13.4. The highest BCUT2D eigenvalue weighted by Crippen LogP contribution is 2.11. The Labute approximate surface area is 88.6 Å². The molecule has 0 spiro atoms. The van der Waals surface area contributed by atoms with Gasteiger partial charge in [-0.25, -0.2) is 0 Å². The van der Waals surface area contributed by atoms with Crippen LogP contribution in [0.25, 0.3) is 0 Å². The zero-order chi connectivity index (χ0) is 10.8.